The summed E-state index contributed by atoms with van der Waals surface area (Å²) in [6.07, 6.45) is 5.18. The fourth-order valence-electron chi connectivity index (χ4n) is 3.36. The quantitative estimate of drug-likeness (QED) is 0.741. The van der Waals surface area contributed by atoms with E-state index >= 15 is 0 Å². The molecule has 0 heterocycles. The molecule has 0 spiro atoms. The highest BCUT2D eigenvalue weighted by Crippen LogP contribution is 2.39. The van der Waals surface area contributed by atoms with Gasteiger partial charge in [-0.2, -0.15) is 0 Å². The van der Waals surface area contributed by atoms with Crippen LogP contribution in [0.2, 0.25) is 0 Å². The van der Waals surface area contributed by atoms with E-state index in [2.05, 4.69) is 10.6 Å². The molecule has 0 radical (unpaired) electrons. The molecule has 2 aliphatic rings. The van der Waals surface area contributed by atoms with Crippen molar-refractivity contribution in [2.45, 2.75) is 70.4 Å². The van der Waals surface area contributed by atoms with E-state index in [4.69, 9.17) is 0 Å². The minimum absolute atomic E-state index is 0.260. The highest BCUT2D eigenvalue weighted by atomic mass is 16.4. The minimum Gasteiger partial charge on any atom is -0.480 e. The number of amides is 2. The van der Waals surface area contributed by atoms with Crippen LogP contribution in [0.15, 0.2) is 0 Å². The molecule has 3 N–H and O–H groups in total. The maximum Gasteiger partial charge on any atom is 0.329 e. The Morgan fingerprint density at radius 1 is 1.25 bits per heavy atom. The number of nitrogens with one attached hydrogen (secondary N) is 2. The first-order valence-corrected chi connectivity index (χ1v) is 7.59. The maximum atomic E-state index is 12.2. The van der Waals surface area contributed by atoms with Crippen molar-refractivity contribution in [3.8, 4) is 0 Å². The molecule has 0 saturated heterocycles. The van der Waals surface area contributed by atoms with Crippen molar-refractivity contribution in [1.82, 2.24) is 10.6 Å². The summed E-state index contributed by atoms with van der Waals surface area (Å²) in [4.78, 5) is 23.8. The van der Waals surface area contributed by atoms with Crippen LogP contribution in [-0.2, 0) is 4.79 Å². The van der Waals surface area contributed by atoms with Crippen molar-refractivity contribution in [2.75, 3.05) is 0 Å². The zero-order valence-corrected chi connectivity index (χ0v) is 12.7. The summed E-state index contributed by atoms with van der Waals surface area (Å²) < 4.78 is 0. The Morgan fingerprint density at radius 3 is 2.40 bits per heavy atom. The van der Waals surface area contributed by atoms with Crippen LogP contribution in [0, 0.1) is 11.8 Å². The Morgan fingerprint density at radius 2 is 1.90 bits per heavy atom. The molecule has 2 fully saturated rings. The highest BCUT2D eigenvalue weighted by molar-refractivity contribution is 5.86. The predicted octanol–water partition coefficient (Wildman–Crippen LogP) is 2.51. The van der Waals surface area contributed by atoms with Crippen LogP contribution in [0.5, 0.6) is 0 Å². The van der Waals surface area contributed by atoms with Gasteiger partial charge in [0.1, 0.15) is 5.54 Å². The van der Waals surface area contributed by atoms with Crippen LogP contribution in [0.3, 0.4) is 0 Å². The third kappa shape index (κ3) is 3.25. The molecule has 0 bridgehead atoms. The van der Waals surface area contributed by atoms with Crippen LogP contribution in [0.1, 0.15) is 59.3 Å². The molecule has 2 unspecified atom stereocenters. The van der Waals surface area contributed by atoms with Gasteiger partial charge < -0.3 is 15.7 Å². The Kier molecular flexibility index (Phi) is 3.98. The zero-order chi connectivity index (χ0) is 15.0. The van der Waals surface area contributed by atoms with Crippen molar-refractivity contribution in [3.05, 3.63) is 0 Å². The van der Waals surface area contributed by atoms with Crippen molar-refractivity contribution in [1.29, 1.82) is 0 Å². The van der Waals surface area contributed by atoms with Crippen LogP contribution in [0.25, 0.3) is 0 Å². The Hall–Kier alpha value is -1.26. The third-order valence-corrected chi connectivity index (χ3v) is 4.79. The molecule has 0 aromatic heterocycles. The van der Waals surface area contributed by atoms with Crippen LogP contribution in [-0.4, -0.2) is 28.2 Å². The fraction of sp³-hybridized carbons (Fsp3) is 0.867. The second-order valence-electron chi connectivity index (χ2n) is 7.16. The normalized spacial score (nSPS) is 30.6. The molecule has 0 aromatic rings. The van der Waals surface area contributed by atoms with E-state index in [-0.39, 0.29) is 11.6 Å². The first kappa shape index (κ1) is 15.1. The largest absolute Gasteiger partial charge is 0.480 e. The molecule has 2 atom stereocenters. The van der Waals surface area contributed by atoms with Gasteiger partial charge in [0, 0.05) is 5.54 Å². The lowest BCUT2D eigenvalue weighted by Crippen LogP contribution is -2.61. The average molecular weight is 282 g/mol. The van der Waals surface area contributed by atoms with Gasteiger partial charge in [0.25, 0.3) is 0 Å². The number of hydrogen-bond donors (Lipinski definition) is 3. The average Bonchev–Trinajstić information content (AvgIpc) is 3.11. The van der Waals surface area contributed by atoms with E-state index in [0.29, 0.717) is 24.7 Å². The van der Waals surface area contributed by atoms with E-state index in [1.807, 2.05) is 20.8 Å². The Labute approximate surface area is 120 Å². The summed E-state index contributed by atoms with van der Waals surface area (Å²) in [6, 6.07) is -0.349. The predicted molar refractivity (Wildman–Crippen MR) is 76.5 cm³/mol. The van der Waals surface area contributed by atoms with Crippen LogP contribution in [0.4, 0.5) is 4.79 Å². The molecule has 5 heteroatoms. The van der Waals surface area contributed by atoms with E-state index in [9.17, 15) is 14.7 Å². The lowest BCUT2D eigenvalue weighted by molar-refractivity contribution is -0.146. The van der Waals surface area contributed by atoms with Crippen molar-refractivity contribution in [3.63, 3.8) is 0 Å². The first-order chi connectivity index (χ1) is 9.25. The van der Waals surface area contributed by atoms with Crippen LogP contribution < -0.4 is 10.6 Å². The van der Waals surface area contributed by atoms with Gasteiger partial charge in [0.15, 0.2) is 0 Å². The van der Waals surface area contributed by atoms with Gasteiger partial charge in [-0.15, -0.1) is 0 Å². The summed E-state index contributed by atoms with van der Waals surface area (Å²) in [5, 5.41) is 15.2. The number of urea groups is 1. The third-order valence-electron chi connectivity index (χ3n) is 4.79. The topological polar surface area (TPSA) is 78.4 Å². The molecular formula is C15H26N2O3. The lowest BCUT2D eigenvalue weighted by atomic mass is 9.76. The number of carbonyl (C=O) groups is 2. The van der Waals surface area contributed by atoms with Crippen molar-refractivity contribution >= 4 is 12.0 Å². The monoisotopic (exact) mass is 282 g/mol. The SMILES string of the molecule is CC1CCCC(NC(=O)NC(C)(C)C2CC2)(C(=O)O)C1. The van der Waals surface area contributed by atoms with E-state index in [1.165, 1.54) is 0 Å². The molecule has 0 aliphatic heterocycles. The first-order valence-electron chi connectivity index (χ1n) is 7.59. The number of rotatable bonds is 4. The van der Waals surface area contributed by atoms with Crippen molar-refractivity contribution in [2.24, 2.45) is 11.8 Å². The number of aliphatic carboxylic acids is 1. The number of carbonyl (C=O) groups excluding carboxylic acids is 1. The molecular weight excluding hydrogens is 256 g/mol. The zero-order valence-electron chi connectivity index (χ0n) is 12.7. The highest BCUT2D eigenvalue weighted by Gasteiger charge is 2.45. The van der Waals surface area contributed by atoms with E-state index in [1.54, 1.807) is 0 Å². The van der Waals surface area contributed by atoms with E-state index < -0.39 is 11.5 Å². The molecule has 2 rings (SSSR count). The van der Waals surface area contributed by atoms with Gasteiger partial charge in [-0.25, -0.2) is 9.59 Å². The summed E-state index contributed by atoms with van der Waals surface area (Å²) in [5.74, 6) is -0.0701. The van der Waals surface area contributed by atoms with Gasteiger partial charge in [-0.05, 0) is 51.4 Å². The molecule has 5 nitrogen and oxygen atoms in total. The molecule has 2 aliphatic carbocycles. The number of carboxylic acid groups (broad SMARTS) is 1. The van der Waals surface area contributed by atoms with Crippen molar-refractivity contribution < 1.29 is 14.7 Å². The summed E-state index contributed by atoms with van der Waals surface area (Å²) in [7, 11) is 0. The minimum atomic E-state index is -1.10. The molecule has 114 valence electrons. The maximum absolute atomic E-state index is 12.2. The number of carboxylic acids is 1. The molecule has 2 amide bonds. The smallest absolute Gasteiger partial charge is 0.329 e. The van der Waals surface area contributed by atoms with Gasteiger partial charge in [0.2, 0.25) is 0 Å². The summed E-state index contributed by atoms with van der Waals surface area (Å²) >= 11 is 0. The lowest BCUT2D eigenvalue weighted by Gasteiger charge is -2.38. The van der Waals surface area contributed by atoms with Gasteiger partial charge in [0.05, 0.1) is 0 Å². The second kappa shape index (κ2) is 5.26. The summed E-state index contributed by atoms with van der Waals surface area (Å²) in [6.45, 7) is 6.05. The number of hydrogen-bond acceptors (Lipinski definition) is 2. The molecule has 2 saturated carbocycles. The van der Waals surface area contributed by atoms with E-state index in [0.717, 1.165) is 25.7 Å². The molecule has 0 aromatic carbocycles. The molecule has 20 heavy (non-hydrogen) atoms. The van der Waals surface area contributed by atoms with Gasteiger partial charge in [-0.3, -0.25) is 0 Å². The van der Waals surface area contributed by atoms with Gasteiger partial charge in [-0.1, -0.05) is 19.8 Å². The standard InChI is InChI=1S/C15H26N2O3/c1-10-5-4-8-15(9-10,12(18)19)17-13(20)16-14(2,3)11-6-7-11/h10-11H,4-9H2,1-3H3,(H,18,19)(H2,16,17,20). The van der Waals surface area contributed by atoms with Gasteiger partial charge >= 0.3 is 12.0 Å². The second-order valence-corrected chi connectivity index (χ2v) is 7.16. The Bertz CT molecular complexity index is 404. The fourth-order valence-corrected chi connectivity index (χ4v) is 3.36. The Balaban J connectivity index is 2.00. The summed E-state index contributed by atoms with van der Waals surface area (Å²) in [5.41, 5.74) is -1.36. The van der Waals surface area contributed by atoms with Crippen LogP contribution >= 0.6 is 0 Å².